The van der Waals surface area contributed by atoms with Crippen molar-refractivity contribution in [1.82, 2.24) is 14.7 Å². The number of rotatable bonds is 7. The molecular formula is C22H26N4O4S. The molecule has 1 amide bonds. The summed E-state index contributed by atoms with van der Waals surface area (Å²) in [4.78, 5) is 20.3. The number of nitrogens with one attached hydrogen (secondary N) is 3. The highest BCUT2D eigenvalue weighted by Gasteiger charge is 2.38. The molecule has 1 aromatic heterocycles. The minimum atomic E-state index is -3.61. The topological polar surface area (TPSA) is 113 Å². The van der Waals surface area contributed by atoms with Gasteiger partial charge in [-0.05, 0) is 50.1 Å². The van der Waals surface area contributed by atoms with E-state index in [0.717, 1.165) is 35.1 Å². The van der Waals surface area contributed by atoms with E-state index < -0.39 is 15.4 Å². The fourth-order valence-electron chi connectivity index (χ4n) is 3.71. The molecule has 3 N–H and O–H groups in total. The third kappa shape index (κ3) is 3.68. The van der Waals surface area contributed by atoms with Crippen LogP contribution in [0.2, 0.25) is 0 Å². The molecular weight excluding hydrogens is 416 g/mol. The molecule has 0 aliphatic carbocycles. The lowest BCUT2D eigenvalue weighted by Crippen LogP contribution is -2.26. The molecule has 2 heterocycles. The van der Waals surface area contributed by atoms with Crippen molar-refractivity contribution in [2.24, 2.45) is 0 Å². The van der Waals surface area contributed by atoms with E-state index in [-0.39, 0.29) is 10.8 Å². The SMILES string of the molecule is CCCCNS(=O)(=O)c1ccc(-c2nc3cc4c(cc3[nH]2)NC(=O)C4(C)C)c(OC)c1. The molecule has 0 saturated carbocycles. The predicted octanol–water partition coefficient (Wildman–Crippen LogP) is 3.55. The highest BCUT2D eigenvalue weighted by molar-refractivity contribution is 7.89. The first-order valence-corrected chi connectivity index (χ1v) is 11.7. The lowest BCUT2D eigenvalue weighted by Gasteiger charge is -2.14. The first kappa shape index (κ1) is 21.3. The number of H-pyrrole nitrogens is 1. The molecule has 164 valence electrons. The summed E-state index contributed by atoms with van der Waals surface area (Å²) >= 11 is 0. The van der Waals surface area contributed by atoms with E-state index in [1.165, 1.54) is 13.2 Å². The zero-order valence-corrected chi connectivity index (χ0v) is 18.8. The minimum Gasteiger partial charge on any atom is -0.496 e. The standard InChI is InChI=1S/C22H26N4O4S/c1-5-6-9-23-31(28,29)13-7-8-14(19(10-13)30-4)20-24-17-11-15-16(12-18(17)25-20)26-21(27)22(15,2)3/h7-8,10-12,23H,5-6,9H2,1-4H3,(H,24,25)(H,26,27). The van der Waals surface area contributed by atoms with E-state index in [1.807, 2.05) is 32.9 Å². The number of benzene rings is 2. The van der Waals surface area contributed by atoms with Crippen molar-refractivity contribution in [2.75, 3.05) is 19.0 Å². The van der Waals surface area contributed by atoms with E-state index in [4.69, 9.17) is 4.74 Å². The second-order valence-corrected chi connectivity index (χ2v) is 9.96. The fourth-order valence-corrected chi connectivity index (χ4v) is 4.80. The normalized spacial score (nSPS) is 15.2. The predicted molar refractivity (Wildman–Crippen MR) is 120 cm³/mol. The van der Waals surface area contributed by atoms with Gasteiger partial charge in [0.05, 0.1) is 34.0 Å². The van der Waals surface area contributed by atoms with Crippen molar-refractivity contribution in [1.29, 1.82) is 0 Å². The number of fused-ring (bicyclic) bond motifs is 2. The van der Waals surface area contributed by atoms with Gasteiger partial charge in [0, 0.05) is 18.3 Å². The summed E-state index contributed by atoms with van der Waals surface area (Å²) in [5.74, 6) is 0.919. The number of anilines is 1. The maximum absolute atomic E-state index is 12.5. The number of carbonyl (C=O) groups is 1. The molecule has 1 aliphatic heterocycles. The average Bonchev–Trinajstić information content (AvgIpc) is 3.24. The number of ether oxygens (including phenoxy) is 1. The Kier molecular flexibility index (Phi) is 5.26. The number of unbranched alkanes of at least 4 members (excludes halogenated alkanes) is 1. The Morgan fingerprint density at radius 1 is 1.19 bits per heavy atom. The number of sulfonamides is 1. The van der Waals surface area contributed by atoms with E-state index in [1.54, 1.807) is 12.1 Å². The van der Waals surface area contributed by atoms with E-state index in [2.05, 4.69) is 20.0 Å². The minimum absolute atomic E-state index is 0.0404. The highest BCUT2D eigenvalue weighted by Crippen LogP contribution is 2.40. The van der Waals surface area contributed by atoms with Crippen LogP contribution in [0.15, 0.2) is 35.2 Å². The largest absolute Gasteiger partial charge is 0.496 e. The second-order valence-electron chi connectivity index (χ2n) is 8.19. The lowest BCUT2D eigenvalue weighted by molar-refractivity contribution is -0.119. The summed E-state index contributed by atoms with van der Waals surface area (Å²) in [5, 5.41) is 2.91. The zero-order chi connectivity index (χ0) is 22.4. The number of amides is 1. The van der Waals surface area contributed by atoms with Crippen molar-refractivity contribution in [3.05, 3.63) is 35.9 Å². The van der Waals surface area contributed by atoms with Gasteiger partial charge in [-0.1, -0.05) is 13.3 Å². The Hall–Kier alpha value is -2.91. The van der Waals surface area contributed by atoms with E-state index in [0.29, 0.717) is 23.7 Å². The maximum atomic E-state index is 12.5. The van der Waals surface area contributed by atoms with Gasteiger partial charge in [-0.3, -0.25) is 4.79 Å². The molecule has 1 aliphatic rings. The Bertz CT molecular complexity index is 1280. The van der Waals surface area contributed by atoms with Crippen molar-refractivity contribution >= 4 is 32.7 Å². The summed E-state index contributed by atoms with van der Waals surface area (Å²) in [6, 6.07) is 8.51. The Balaban J connectivity index is 1.72. The summed E-state index contributed by atoms with van der Waals surface area (Å²) < 4.78 is 33.2. The number of aromatic amines is 1. The van der Waals surface area contributed by atoms with Crippen LogP contribution in [0.3, 0.4) is 0 Å². The van der Waals surface area contributed by atoms with Gasteiger partial charge in [0.15, 0.2) is 0 Å². The first-order valence-electron chi connectivity index (χ1n) is 10.2. The van der Waals surface area contributed by atoms with Crippen LogP contribution >= 0.6 is 0 Å². The maximum Gasteiger partial charge on any atom is 0.240 e. The van der Waals surface area contributed by atoms with Crippen LogP contribution in [-0.2, 0) is 20.2 Å². The van der Waals surface area contributed by atoms with Crippen molar-refractivity contribution in [3.63, 3.8) is 0 Å². The zero-order valence-electron chi connectivity index (χ0n) is 18.0. The van der Waals surface area contributed by atoms with Gasteiger partial charge in [-0.15, -0.1) is 0 Å². The van der Waals surface area contributed by atoms with Gasteiger partial charge in [0.2, 0.25) is 15.9 Å². The number of carbonyl (C=O) groups excluding carboxylic acids is 1. The molecule has 9 heteroatoms. The van der Waals surface area contributed by atoms with Gasteiger partial charge < -0.3 is 15.0 Å². The smallest absolute Gasteiger partial charge is 0.240 e. The first-order chi connectivity index (χ1) is 14.7. The van der Waals surface area contributed by atoms with Crippen LogP contribution in [-0.4, -0.2) is 37.9 Å². The summed E-state index contributed by atoms with van der Waals surface area (Å²) in [6.07, 6.45) is 1.68. The van der Waals surface area contributed by atoms with Crippen LogP contribution in [0.4, 0.5) is 5.69 Å². The summed E-state index contributed by atoms with van der Waals surface area (Å²) in [6.45, 7) is 6.15. The monoisotopic (exact) mass is 442 g/mol. The van der Waals surface area contributed by atoms with Gasteiger partial charge in [0.1, 0.15) is 11.6 Å². The van der Waals surface area contributed by atoms with Crippen molar-refractivity contribution < 1.29 is 17.9 Å². The lowest BCUT2D eigenvalue weighted by atomic mass is 9.86. The van der Waals surface area contributed by atoms with Gasteiger partial charge in [-0.25, -0.2) is 18.1 Å². The third-order valence-corrected chi connectivity index (χ3v) is 7.13. The van der Waals surface area contributed by atoms with E-state index >= 15 is 0 Å². The van der Waals surface area contributed by atoms with E-state index in [9.17, 15) is 13.2 Å². The number of nitrogens with zero attached hydrogens (tertiary/aromatic N) is 1. The molecule has 0 saturated heterocycles. The third-order valence-electron chi connectivity index (χ3n) is 5.67. The molecule has 2 aromatic carbocycles. The average molecular weight is 443 g/mol. The Morgan fingerprint density at radius 3 is 2.68 bits per heavy atom. The molecule has 0 unspecified atom stereocenters. The quantitative estimate of drug-likeness (QED) is 0.484. The summed E-state index contributed by atoms with van der Waals surface area (Å²) in [5.41, 5.74) is 3.18. The van der Waals surface area contributed by atoms with Crippen molar-refractivity contribution in [3.8, 4) is 17.1 Å². The van der Waals surface area contributed by atoms with Crippen LogP contribution in [0.1, 0.15) is 39.2 Å². The molecule has 0 bridgehead atoms. The molecule has 0 atom stereocenters. The summed E-state index contributed by atoms with van der Waals surface area (Å²) in [7, 11) is -2.12. The molecule has 0 radical (unpaired) electrons. The van der Waals surface area contributed by atoms with Crippen LogP contribution < -0.4 is 14.8 Å². The number of hydrogen-bond acceptors (Lipinski definition) is 5. The molecule has 3 aromatic rings. The van der Waals surface area contributed by atoms with Gasteiger partial charge >= 0.3 is 0 Å². The van der Waals surface area contributed by atoms with Crippen LogP contribution in [0, 0.1) is 0 Å². The fraction of sp³-hybridized carbons (Fsp3) is 0.364. The molecule has 31 heavy (non-hydrogen) atoms. The Labute approximate surface area is 181 Å². The number of hydrogen-bond donors (Lipinski definition) is 3. The Morgan fingerprint density at radius 2 is 1.97 bits per heavy atom. The second kappa shape index (κ2) is 7.65. The van der Waals surface area contributed by atoms with Crippen LogP contribution in [0.25, 0.3) is 22.4 Å². The number of methoxy groups -OCH3 is 1. The van der Waals surface area contributed by atoms with Gasteiger partial charge in [-0.2, -0.15) is 0 Å². The molecule has 8 nitrogen and oxygen atoms in total. The number of aromatic nitrogens is 2. The van der Waals surface area contributed by atoms with Gasteiger partial charge in [0.25, 0.3) is 0 Å². The van der Waals surface area contributed by atoms with Crippen LogP contribution in [0.5, 0.6) is 5.75 Å². The molecule has 0 fully saturated rings. The number of imidazole rings is 1. The molecule has 0 spiro atoms. The molecule has 4 rings (SSSR count). The highest BCUT2D eigenvalue weighted by atomic mass is 32.2. The van der Waals surface area contributed by atoms with Crippen molar-refractivity contribution in [2.45, 2.75) is 43.9 Å².